The molecule has 1 aliphatic heterocycles. The van der Waals surface area contributed by atoms with Crippen LogP contribution in [0.3, 0.4) is 0 Å². The fourth-order valence-electron chi connectivity index (χ4n) is 4.28. The normalized spacial score (nSPS) is 21.7. The van der Waals surface area contributed by atoms with E-state index < -0.39 is 0 Å². The third kappa shape index (κ3) is 3.37. The Kier molecular flexibility index (Phi) is 4.62. The highest BCUT2D eigenvalue weighted by Gasteiger charge is 2.44. The van der Waals surface area contributed by atoms with Crippen LogP contribution in [-0.2, 0) is 9.59 Å². The molecule has 1 heterocycles. The summed E-state index contributed by atoms with van der Waals surface area (Å²) in [6.45, 7) is 4.07. The van der Waals surface area contributed by atoms with Crippen LogP contribution in [0.4, 0.5) is 10.1 Å². The van der Waals surface area contributed by atoms with Gasteiger partial charge in [0.1, 0.15) is 5.82 Å². The van der Waals surface area contributed by atoms with Gasteiger partial charge in [0, 0.05) is 40.7 Å². The summed E-state index contributed by atoms with van der Waals surface area (Å²) >= 11 is 6.01. The number of carbonyl (C=O) groups excluding carboxylic acids is 2. The molecule has 3 nitrogen and oxygen atoms in total. The number of allylic oxidation sites excluding steroid dienone is 2. The minimum atomic E-state index is -0.360. The zero-order valence-electron chi connectivity index (χ0n) is 15.8. The van der Waals surface area contributed by atoms with Crippen molar-refractivity contribution in [3.05, 3.63) is 76.2 Å². The molecule has 1 amide bonds. The Morgan fingerprint density at radius 1 is 1.00 bits per heavy atom. The maximum atomic E-state index is 13.4. The van der Waals surface area contributed by atoms with E-state index >= 15 is 0 Å². The number of Topliss-reactive ketones (excluding diaryl/α,β-unsaturated/α-hetero) is 1. The van der Waals surface area contributed by atoms with Crippen molar-refractivity contribution in [1.29, 1.82) is 0 Å². The van der Waals surface area contributed by atoms with Crippen molar-refractivity contribution >= 4 is 29.0 Å². The van der Waals surface area contributed by atoms with E-state index in [2.05, 4.69) is 0 Å². The molecule has 0 fully saturated rings. The third-order valence-corrected chi connectivity index (χ3v) is 5.75. The van der Waals surface area contributed by atoms with Gasteiger partial charge >= 0.3 is 0 Å². The van der Waals surface area contributed by atoms with E-state index in [9.17, 15) is 14.0 Å². The van der Waals surface area contributed by atoms with Crippen molar-refractivity contribution in [2.75, 3.05) is 4.90 Å². The largest absolute Gasteiger partial charge is 0.294 e. The van der Waals surface area contributed by atoms with Crippen LogP contribution in [0.25, 0.3) is 0 Å². The molecule has 2 aliphatic rings. The summed E-state index contributed by atoms with van der Waals surface area (Å²) in [4.78, 5) is 27.9. The fraction of sp³-hybridized carbons (Fsp3) is 0.304. The van der Waals surface area contributed by atoms with Gasteiger partial charge in [-0.15, -0.1) is 0 Å². The van der Waals surface area contributed by atoms with E-state index in [0.717, 1.165) is 11.3 Å². The van der Waals surface area contributed by atoms with Crippen LogP contribution in [0.2, 0.25) is 5.02 Å². The van der Waals surface area contributed by atoms with Crippen molar-refractivity contribution in [1.82, 2.24) is 0 Å². The lowest BCUT2D eigenvalue weighted by atomic mass is 9.69. The van der Waals surface area contributed by atoms with Crippen molar-refractivity contribution in [3.8, 4) is 0 Å². The number of nitrogens with zero attached hydrogens (tertiary/aromatic N) is 1. The van der Waals surface area contributed by atoms with Gasteiger partial charge in [0.15, 0.2) is 5.78 Å². The van der Waals surface area contributed by atoms with Gasteiger partial charge in [0.25, 0.3) is 0 Å². The molecular weight excluding hydrogens is 377 g/mol. The minimum absolute atomic E-state index is 0.0748. The first-order chi connectivity index (χ1) is 13.2. The van der Waals surface area contributed by atoms with Gasteiger partial charge < -0.3 is 0 Å². The summed E-state index contributed by atoms with van der Waals surface area (Å²) in [5.41, 5.74) is 2.71. The quantitative estimate of drug-likeness (QED) is 0.657. The van der Waals surface area contributed by atoms with E-state index in [0.29, 0.717) is 29.1 Å². The molecule has 2 aromatic rings. The van der Waals surface area contributed by atoms with Gasteiger partial charge in [-0.05, 0) is 53.8 Å². The molecule has 0 bridgehead atoms. The molecule has 0 unspecified atom stereocenters. The van der Waals surface area contributed by atoms with E-state index in [4.69, 9.17) is 11.6 Å². The highest BCUT2D eigenvalue weighted by atomic mass is 35.5. The van der Waals surface area contributed by atoms with E-state index in [1.165, 1.54) is 12.1 Å². The number of carbonyl (C=O) groups is 2. The van der Waals surface area contributed by atoms with Crippen LogP contribution in [0.5, 0.6) is 0 Å². The second kappa shape index (κ2) is 6.85. The summed E-state index contributed by atoms with van der Waals surface area (Å²) in [6.07, 6.45) is 1.26. The van der Waals surface area contributed by atoms with Crippen molar-refractivity contribution in [2.45, 2.75) is 39.0 Å². The Hall–Kier alpha value is -2.46. The number of anilines is 1. The monoisotopic (exact) mass is 397 g/mol. The molecule has 5 heteroatoms. The SMILES string of the molecule is CC1(C)CC(=O)C2=C(C1)N(c1ccc(F)cc1)C(=O)C[C@@H]2c1ccc(Cl)cc1. The molecule has 0 saturated heterocycles. The number of rotatable bonds is 2. The maximum absolute atomic E-state index is 13.4. The first-order valence-electron chi connectivity index (χ1n) is 9.35. The molecule has 144 valence electrons. The highest BCUT2D eigenvalue weighted by Crippen LogP contribution is 2.48. The molecular formula is C23H21ClFNO2. The van der Waals surface area contributed by atoms with Crippen LogP contribution in [0.1, 0.15) is 44.6 Å². The van der Waals surface area contributed by atoms with Crippen molar-refractivity contribution < 1.29 is 14.0 Å². The second-order valence-electron chi connectivity index (χ2n) is 8.32. The summed E-state index contributed by atoms with van der Waals surface area (Å²) in [7, 11) is 0. The average Bonchev–Trinajstić information content (AvgIpc) is 2.62. The van der Waals surface area contributed by atoms with Gasteiger partial charge in [-0.25, -0.2) is 4.39 Å². The zero-order chi connectivity index (χ0) is 20.1. The topological polar surface area (TPSA) is 37.4 Å². The Morgan fingerprint density at radius 3 is 2.29 bits per heavy atom. The van der Waals surface area contributed by atoms with Crippen LogP contribution in [0, 0.1) is 11.2 Å². The molecule has 0 radical (unpaired) electrons. The third-order valence-electron chi connectivity index (χ3n) is 5.50. The lowest BCUT2D eigenvalue weighted by Crippen LogP contribution is -2.43. The predicted octanol–water partition coefficient (Wildman–Crippen LogP) is 5.64. The van der Waals surface area contributed by atoms with Gasteiger partial charge in [-0.1, -0.05) is 37.6 Å². The Bertz CT molecular complexity index is 977. The molecule has 0 spiro atoms. The summed E-state index contributed by atoms with van der Waals surface area (Å²) in [6, 6.07) is 13.2. The second-order valence-corrected chi connectivity index (χ2v) is 8.75. The fourth-order valence-corrected chi connectivity index (χ4v) is 4.41. The summed E-state index contributed by atoms with van der Waals surface area (Å²) in [5.74, 6) is -0.650. The highest BCUT2D eigenvalue weighted by molar-refractivity contribution is 6.30. The Morgan fingerprint density at radius 2 is 1.64 bits per heavy atom. The van der Waals surface area contributed by atoms with Gasteiger partial charge in [-0.3, -0.25) is 14.5 Å². The molecule has 1 aliphatic carbocycles. The lowest BCUT2D eigenvalue weighted by Gasteiger charge is -2.43. The minimum Gasteiger partial charge on any atom is -0.294 e. The molecule has 2 aromatic carbocycles. The Labute approximate surface area is 168 Å². The van der Waals surface area contributed by atoms with Crippen LogP contribution < -0.4 is 4.90 Å². The van der Waals surface area contributed by atoms with Crippen LogP contribution in [0.15, 0.2) is 59.8 Å². The van der Waals surface area contributed by atoms with Crippen LogP contribution >= 0.6 is 11.6 Å². The first kappa shape index (κ1) is 18.9. The number of halogens is 2. The molecule has 4 rings (SSSR count). The van der Waals surface area contributed by atoms with E-state index in [-0.39, 0.29) is 35.3 Å². The molecule has 0 aromatic heterocycles. The number of ketones is 1. The van der Waals surface area contributed by atoms with Gasteiger partial charge in [-0.2, -0.15) is 0 Å². The predicted molar refractivity (Wildman–Crippen MR) is 108 cm³/mol. The number of benzene rings is 2. The number of amides is 1. The molecule has 1 atom stereocenters. The smallest absolute Gasteiger partial charge is 0.232 e. The van der Waals surface area contributed by atoms with Crippen molar-refractivity contribution in [2.24, 2.45) is 5.41 Å². The number of hydrogen-bond donors (Lipinski definition) is 0. The molecule has 0 N–H and O–H groups in total. The van der Waals surface area contributed by atoms with Crippen LogP contribution in [-0.4, -0.2) is 11.7 Å². The van der Waals surface area contributed by atoms with Gasteiger partial charge in [0.2, 0.25) is 5.91 Å². The summed E-state index contributed by atoms with van der Waals surface area (Å²) < 4.78 is 13.4. The van der Waals surface area contributed by atoms with E-state index in [1.54, 1.807) is 29.2 Å². The number of hydrogen-bond acceptors (Lipinski definition) is 2. The molecule has 0 saturated carbocycles. The van der Waals surface area contributed by atoms with Crippen molar-refractivity contribution in [3.63, 3.8) is 0 Å². The molecule has 28 heavy (non-hydrogen) atoms. The van der Waals surface area contributed by atoms with E-state index in [1.807, 2.05) is 26.0 Å². The standard InChI is InChI=1S/C23H21ClFNO2/c1-23(2)12-19-22(20(27)13-23)18(14-3-5-15(24)6-4-14)11-21(28)26(19)17-9-7-16(25)8-10-17/h3-10,18H,11-13H2,1-2H3/t18-/m1/s1. The van der Waals surface area contributed by atoms with Gasteiger partial charge in [0.05, 0.1) is 0 Å². The summed E-state index contributed by atoms with van der Waals surface area (Å²) in [5, 5.41) is 0.615. The zero-order valence-corrected chi connectivity index (χ0v) is 16.6. The Balaban J connectivity index is 1.88. The maximum Gasteiger partial charge on any atom is 0.232 e. The average molecular weight is 398 g/mol. The lowest BCUT2D eigenvalue weighted by molar-refractivity contribution is -0.121. The first-order valence-corrected chi connectivity index (χ1v) is 9.73.